The molecule has 0 unspecified atom stereocenters. The van der Waals surface area contributed by atoms with E-state index < -0.39 is 12.0 Å². The van der Waals surface area contributed by atoms with Crippen LogP contribution in [0, 0.1) is 5.92 Å². The molecule has 1 atom stereocenters. The molecule has 1 fully saturated rings. The number of aryl methyl sites for hydroxylation is 1. The second kappa shape index (κ2) is 10.8. The number of nitrogens with zero attached hydrogens (tertiary/aromatic N) is 5. The van der Waals surface area contributed by atoms with Crippen molar-refractivity contribution < 1.29 is 13.6 Å². The maximum absolute atomic E-state index is 13.1. The van der Waals surface area contributed by atoms with E-state index >= 15 is 0 Å². The van der Waals surface area contributed by atoms with E-state index in [0.29, 0.717) is 5.92 Å². The number of likely N-dealkylation sites (N-methyl/N-ethyl adjacent to an activating group) is 1. The lowest BCUT2D eigenvalue weighted by molar-refractivity contribution is -0.130. The average Bonchev–Trinajstić information content (AvgIpc) is 3.06. The van der Waals surface area contributed by atoms with Gasteiger partial charge in [-0.3, -0.25) is 14.6 Å². The molecule has 2 aliphatic rings. The molecule has 1 aromatic carbocycles. The summed E-state index contributed by atoms with van der Waals surface area (Å²) < 4.78 is 25.2. The van der Waals surface area contributed by atoms with E-state index in [9.17, 15) is 13.6 Å². The van der Waals surface area contributed by atoms with Crippen LogP contribution in [0.1, 0.15) is 50.2 Å². The smallest absolute Gasteiger partial charge is 0.261 e. The molecule has 0 bridgehead atoms. The number of rotatable bonds is 9. The summed E-state index contributed by atoms with van der Waals surface area (Å²) in [6.45, 7) is 3.23. The van der Waals surface area contributed by atoms with E-state index in [-0.39, 0.29) is 18.4 Å². The summed E-state index contributed by atoms with van der Waals surface area (Å²) in [6, 6.07) is 6.12. The van der Waals surface area contributed by atoms with Gasteiger partial charge in [0.15, 0.2) is 11.5 Å². The minimum Gasteiger partial charge on any atom is -0.369 e. The summed E-state index contributed by atoms with van der Waals surface area (Å²) in [7, 11) is 1.65. The molecular weight excluding hydrogens is 450 g/mol. The van der Waals surface area contributed by atoms with E-state index in [2.05, 4.69) is 21.0 Å². The summed E-state index contributed by atoms with van der Waals surface area (Å²) in [5.41, 5.74) is 8.68. The predicted molar refractivity (Wildman–Crippen MR) is 132 cm³/mol. The lowest BCUT2D eigenvalue weighted by Gasteiger charge is -2.31. The molecule has 0 aliphatic carbocycles. The van der Waals surface area contributed by atoms with Gasteiger partial charge in [0.25, 0.3) is 12.3 Å². The number of guanidine groups is 1. The number of unbranched alkanes of at least 4 members (excludes halogenated alkanes) is 1. The fourth-order valence-corrected chi connectivity index (χ4v) is 5.23. The van der Waals surface area contributed by atoms with Crippen LogP contribution in [0.2, 0.25) is 0 Å². The van der Waals surface area contributed by atoms with Gasteiger partial charge in [0.1, 0.15) is 6.33 Å². The van der Waals surface area contributed by atoms with E-state index in [1.54, 1.807) is 19.4 Å². The van der Waals surface area contributed by atoms with Crippen LogP contribution in [-0.2, 0) is 16.8 Å². The third-order valence-electron chi connectivity index (χ3n) is 7.34. The number of nitrogens with two attached hydrogens (primary N) is 1. The van der Waals surface area contributed by atoms with Crippen LogP contribution in [0.5, 0.6) is 0 Å². The summed E-state index contributed by atoms with van der Waals surface area (Å²) in [5, 5.41) is 0. The second-order valence-corrected chi connectivity index (χ2v) is 9.79. The Morgan fingerprint density at radius 3 is 2.49 bits per heavy atom. The lowest BCUT2D eigenvalue weighted by Crippen LogP contribution is -2.39. The zero-order valence-corrected chi connectivity index (χ0v) is 20.5. The van der Waals surface area contributed by atoms with Gasteiger partial charge in [-0.05, 0) is 74.4 Å². The predicted octanol–water partition coefficient (Wildman–Crippen LogP) is 3.84. The van der Waals surface area contributed by atoms with Crippen molar-refractivity contribution in [2.75, 3.05) is 26.7 Å². The zero-order chi connectivity index (χ0) is 25.0. The van der Waals surface area contributed by atoms with Crippen molar-refractivity contribution in [3.8, 4) is 11.1 Å². The van der Waals surface area contributed by atoms with Crippen molar-refractivity contribution in [3.63, 3.8) is 0 Å². The Balaban J connectivity index is 1.44. The molecule has 4 rings (SSSR count). The minimum absolute atomic E-state index is 0.111. The van der Waals surface area contributed by atoms with E-state index in [1.165, 1.54) is 11.2 Å². The monoisotopic (exact) mass is 484 g/mol. The Kier molecular flexibility index (Phi) is 7.74. The van der Waals surface area contributed by atoms with Crippen LogP contribution >= 0.6 is 0 Å². The van der Waals surface area contributed by atoms with Crippen LogP contribution in [0.3, 0.4) is 0 Å². The summed E-state index contributed by atoms with van der Waals surface area (Å²) in [5.74, 6) is 0.666. The van der Waals surface area contributed by atoms with Gasteiger partial charge in [0.05, 0.1) is 6.54 Å². The molecule has 1 saturated heterocycles. The number of amides is 1. The zero-order valence-electron chi connectivity index (χ0n) is 20.5. The van der Waals surface area contributed by atoms with Crippen molar-refractivity contribution in [1.29, 1.82) is 0 Å². The number of hydrogen-bond acceptors (Lipinski definition) is 6. The first kappa shape index (κ1) is 25.2. The maximum atomic E-state index is 13.1. The molecule has 0 saturated carbocycles. The van der Waals surface area contributed by atoms with Crippen LogP contribution in [0.4, 0.5) is 8.78 Å². The first-order valence-electron chi connectivity index (χ1n) is 12.3. The fourth-order valence-electron chi connectivity index (χ4n) is 5.23. The Hall–Kier alpha value is -2.94. The summed E-state index contributed by atoms with van der Waals surface area (Å²) in [6.07, 6.45) is 8.67. The highest BCUT2D eigenvalue weighted by Crippen LogP contribution is 2.37. The second-order valence-electron chi connectivity index (χ2n) is 9.79. The number of halogens is 2. The molecule has 0 radical (unpaired) electrons. The number of carbonyl (C=O) groups is 1. The molecule has 0 spiro atoms. The Labute approximate surface area is 205 Å². The number of aliphatic imine (C=N–C) groups is 1. The van der Waals surface area contributed by atoms with Crippen molar-refractivity contribution in [1.82, 2.24) is 19.8 Å². The molecule has 3 heterocycles. The number of benzene rings is 1. The summed E-state index contributed by atoms with van der Waals surface area (Å²) >= 11 is 0. The SMILES string of the molecule is CN1C(=O)[C@](C)(c2cc(-c3cncnc3)ccc2CCCCC2CCN(CC(F)F)CC2)N=C1N. The molecule has 2 N–H and O–H groups in total. The molecule has 1 aromatic heterocycles. The van der Waals surface area contributed by atoms with Crippen molar-refractivity contribution in [3.05, 3.63) is 48.0 Å². The molecule has 35 heavy (non-hydrogen) atoms. The number of carbonyl (C=O) groups excluding carboxylic acids is 1. The minimum atomic E-state index is -2.25. The molecule has 2 aromatic rings. The standard InChI is InChI=1S/C26H34F2N6O/c1-26(24(35)33(2)25(29)32-26)22-13-20(21-14-30-17-31-15-21)8-7-19(22)6-4-3-5-18-9-11-34(12-10-18)16-23(27)28/h7-8,13-15,17-18,23H,3-6,9-12,16H2,1-2H3,(H2,29,32)/t26-/m0/s1. The number of alkyl halides is 2. The quantitative estimate of drug-likeness (QED) is 0.547. The normalized spacial score (nSPS) is 21.7. The van der Waals surface area contributed by atoms with Gasteiger partial charge in [-0.1, -0.05) is 25.0 Å². The highest BCUT2D eigenvalue weighted by atomic mass is 19.3. The van der Waals surface area contributed by atoms with Gasteiger partial charge >= 0.3 is 0 Å². The number of hydrogen-bond donors (Lipinski definition) is 1. The fraction of sp³-hybridized carbons (Fsp3) is 0.538. The van der Waals surface area contributed by atoms with Crippen LogP contribution in [-0.4, -0.2) is 64.7 Å². The first-order chi connectivity index (χ1) is 16.8. The van der Waals surface area contributed by atoms with Gasteiger partial charge in [-0.15, -0.1) is 0 Å². The van der Waals surface area contributed by atoms with Crippen LogP contribution in [0.25, 0.3) is 11.1 Å². The Bertz CT molecular complexity index is 1060. The van der Waals surface area contributed by atoms with E-state index in [0.717, 1.165) is 73.9 Å². The van der Waals surface area contributed by atoms with Gasteiger partial charge in [0.2, 0.25) is 0 Å². The average molecular weight is 485 g/mol. The van der Waals surface area contributed by atoms with E-state index in [1.807, 2.05) is 24.0 Å². The Morgan fingerprint density at radius 2 is 1.86 bits per heavy atom. The van der Waals surface area contributed by atoms with Crippen LogP contribution < -0.4 is 5.73 Å². The van der Waals surface area contributed by atoms with Gasteiger partial charge in [-0.2, -0.15) is 0 Å². The van der Waals surface area contributed by atoms with Crippen molar-refractivity contribution >= 4 is 11.9 Å². The van der Waals surface area contributed by atoms with E-state index in [4.69, 9.17) is 5.73 Å². The third-order valence-corrected chi connectivity index (χ3v) is 7.34. The molecule has 7 nitrogen and oxygen atoms in total. The molecule has 188 valence electrons. The highest BCUT2D eigenvalue weighted by Gasteiger charge is 2.45. The summed E-state index contributed by atoms with van der Waals surface area (Å²) in [4.78, 5) is 29.2. The van der Waals surface area contributed by atoms with Gasteiger partial charge in [-0.25, -0.2) is 23.7 Å². The van der Waals surface area contributed by atoms with Crippen LogP contribution in [0.15, 0.2) is 41.9 Å². The van der Waals surface area contributed by atoms with Gasteiger partial charge < -0.3 is 5.73 Å². The molecular formula is C26H34F2N6O. The van der Waals surface area contributed by atoms with Crippen molar-refractivity contribution in [2.24, 2.45) is 16.6 Å². The number of piperidine rings is 1. The number of aromatic nitrogens is 2. The molecule has 1 amide bonds. The first-order valence-corrected chi connectivity index (χ1v) is 12.3. The third kappa shape index (κ3) is 5.66. The lowest BCUT2D eigenvalue weighted by atomic mass is 9.84. The van der Waals surface area contributed by atoms with Crippen molar-refractivity contribution in [2.45, 2.75) is 57.4 Å². The maximum Gasteiger partial charge on any atom is 0.261 e. The number of likely N-dealkylation sites (tertiary alicyclic amines) is 1. The largest absolute Gasteiger partial charge is 0.369 e. The molecule has 9 heteroatoms. The Morgan fingerprint density at radius 1 is 1.14 bits per heavy atom. The molecule has 2 aliphatic heterocycles. The van der Waals surface area contributed by atoms with Gasteiger partial charge in [0, 0.05) is 25.0 Å². The highest BCUT2D eigenvalue weighted by molar-refractivity contribution is 6.06. The topological polar surface area (TPSA) is 87.7 Å².